The van der Waals surface area contributed by atoms with Crippen molar-refractivity contribution in [2.24, 2.45) is 0 Å². The lowest BCUT2D eigenvalue weighted by Crippen LogP contribution is -2.30. The van der Waals surface area contributed by atoms with Gasteiger partial charge in [-0.3, -0.25) is 14.4 Å². The van der Waals surface area contributed by atoms with Crippen molar-refractivity contribution in [1.29, 1.82) is 0 Å². The highest BCUT2D eigenvalue weighted by Gasteiger charge is 2.19. The average Bonchev–Trinajstić information content (AvgIpc) is 3.28. The van der Waals surface area contributed by atoms with Crippen LogP contribution in [-0.2, 0) is 28.6 Å². The summed E-state index contributed by atoms with van der Waals surface area (Å²) in [6.45, 7) is 6.60. The first-order valence-electron chi connectivity index (χ1n) is 27.2. The second-order valence-corrected chi connectivity index (χ2v) is 18.2. The fourth-order valence-corrected chi connectivity index (χ4v) is 7.72. The van der Waals surface area contributed by atoms with Crippen LogP contribution in [0.15, 0.2) is 48.6 Å². The molecule has 6 nitrogen and oxygen atoms in total. The lowest BCUT2D eigenvalue weighted by atomic mass is 10.1. The summed E-state index contributed by atoms with van der Waals surface area (Å²) in [5.41, 5.74) is 0. The maximum absolute atomic E-state index is 12.8. The van der Waals surface area contributed by atoms with E-state index >= 15 is 0 Å². The maximum atomic E-state index is 12.8. The van der Waals surface area contributed by atoms with Crippen LogP contribution in [0, 0.1) is 0 Å². The van der Waals surface area contributed by atoms with E-state index < -0.39 is 6.10 Å². The van der Waals surface area contributed by atoms with Crippen molar-refractivity contribution in [1.82, 2.24) is 0 Å². The van der Waals surface area contributed by atoms with Crippen LogP contribution >= 0.6 is 0 Å². The summed E-state index contributed by atoms with van der Waals surface area (Å²) in [6.07, 6.45) is 62.4. The third-order valence-electron chi connectivity index (χ3n) is 11.9. The lowest BCUT2D eigenvalue weighted by Gasteiger charge is -2.18. The number of ether oxygens (including phenoxy) is 3. The van der Waals surface area contributed by atoms with Gasteiger partial charge >= 0.3 is 17.9 Å². The van der Waals surface area contributed by atoms with Crippen LogP contribution in [0.25, 0.3) is 0 Å². The van der Waals surface area contributed by atoms with Crippen LogP contribution in [-0.4, -0.2) is 37.2 Å². The van der Waals surface area contributed by atoms with E-state index in [4.69, 9.17) is 14.2 Å². The zero-order chi connectivity index (χ0) is 45.8. The Balaban J connectivity index is 4.35. The second-order valence-electron chi connectivity index (χ2n) is 18.2. The number of unbranched alkanes of at least 4 members (excludes halogenated alkanes) is 32. The molecular formula is C57H102O6. The zero-order valence-corrected chi connectivity index (χ0v) is 41.8. The van der Waals surface area contributed by atoms with Crippen LogP contribution in [0.5, 0.6) is 0 Å². The number of hydrogen-bond donors (Lipinski definition) is 0. The third kappa shape index (κ3) is 50.2. The summed E-state index contributed by atoms with van der Waals surface area (Å²) in [6, 6.07) is 0. The van der Waals surface area contributed by atoms with Crippen molar-refractivity contribution in [2.45, 2.75) is 284 Å². The molecule has 0 bridgehead atoms. The molecule has 0 aliphatic carbocycles. The summed E-state index contributed by atoms with van der Waals surface area (Å²) >= 11 is 0. The Morgan fingerprint density at radius 2 is 0.556 bits per heavy atom. The zero-order valence-electron chi connectivity index (χ0n) is 41.8. The number of rotatable bonds is 49. The van der Waals surface area contributed by atoms with E-state index in [9.17, 15) is 14.4 Å². The van der Waals surface area contributed by atoms with Gasteiger partial charge in [0.05, 0.1) is 0 Å². The van der Waals surface area contributed by atoms with Crippen molar-refractivity contribution >= 4 is 17.9 Å². The number of allylic oxidation sites excluding steroid dienone is 8. The molecule has 0 aliphatic heterocycles. The predicted octanol–water partition coefficient (Wildman–Crippen LogP) is 17.9. The van der Waals surface area contributed by atoms with Gasteiger partial charge in [-0.15, -0.1) is 0 Å². The van der Waals surface area contributed by atoms with Gasteiger partial charge in [-0.25, -0.2) is 0 Å². The van der Waals surface area contributed by atoms with Crippen LogP contribution in [0.3, 0.4) is 0 Å². The molecule has 0 N–H and O–H groups in total. The fraction of sp³-hybridized carbons (Fsp3) is 0.807. The molecule has 0 heterocycles. The van der Waals surface area contributed by atoms with E-state index in [1.807, 2.05) is 0 Å². The molecule has 0 aromatic rings. The second kappa shape index (κ2) is 52.0. The molecule has 0 fully saturated rings. The molecule has 0 radical (unpaired) electrons. The molecule has 0 amide bonds. The smallest absolute Gasteiger partial charge is 0.306 e. The van der Waals surface area contributed by atoms with E-state index in [0.29, 0.717) is 19.3 Å². The Hall–Kier alpha value is -2.63. The molecule has 1 unspecified atom stereocenters. The topological polar surface area (TPSA) is 78.9 Å². The van der Waals surface area contributed by atoms with E-state index in [1.165, 1.54) is 141 Å². The predicted molar refractivity (Wildman–Crippen MR) is 270 cm³/mol. The van der Waals surface area contributed by atoms with E-state index in [-0.39, 0.29) is 31.1 Å². The van der Waals surface area contributed by atoms with Gasteiger partial charge in [0.25, 0.3) is 0 Å². The number of esters is 3. The minimum atomic E-state index is -0.784. The molecule has 1 atom stereocenters. The minimum Gasteiger partial charge on any atom is -0.462 e. The Kier molecular flexibility index (Phi) is 49.8. The van der Waals surface area contributed by atoms with Crippen molar-refractivity contribution < 1.29 is 28.6 Å². The van der Waals surface area contributed by atoms with Crippen molar-refractivity contribution in [3.8, 4) is 0 Å². The molecule has 366 valence electrons. The highest BCUT2D eigenvalue weighted by Crippen LogP contribution is 2.15. The van der Waals surface area contributed by atoms with Gasteiger partial charge in [0, 0.05) is 19.3 Å². The summed E-state index contributed by atoms with van der Waals surface area (Å²) in [4.78, 5) is 37.9. The lowest BCUT2D eigenvalue weighted by molar-refractivity contribution is -0.167. The van der Waals surface area contributed by atoms with Gasteiger partial charge in [0.2, 0.25) is 0 Å². The third-order valence-corrected chi connectivity index (χ3v) is 11.9. The monoisotopic (exact) mass is 883 g/mol. The van der Waals surface area contributed by atoms with Gasteiger partial charge in [-0.1, -0.05) is 236 Å². The van der Waals surface area contributed by atoms with Crippen LogP contribution in [0.2, 0.25) is 0 Å². The summed E-state index contributed by atoms with van der Waals surface area (Å²) < 4.78 is 16.8. The molecule has 6 heteroatoms. The molecule has 0 rings (SSSR count). The van der Waals surface area contributed by atoms with Gasteiger partial charge in [-0.2, -0.15) is 0 Å². The first-order valence-corrected chi connectivity index (χ1v) is 27.2. The van der Waals surface area contributed by atoms with Crippen LogP contribution < -0.4 is 0 Å². The Morgan fingerprint density at radius 3 is 0.841 bits per heavy atom. The first-order chi connectivity index (χ1) is 31.0. The molecule has 0 spiro atoms. The van der Waals surface area contributed by atoms with Crippen molar-refractivity contribution in [2.75, 3.05) is 13.2 Å². The normalized spacial score (nSPS) is 12.4. The molecule has 0 saturated heterocycles. The van der Waals surface area contributed by atoms with Crippen molar-refractivity contribution in [3.63, 3.8) is 0 Å². The fourth-order valence-electron chi connectivity index (χ4n) is 7.72. The van der Waals surface area contributed by atoms with Gasteiger partial charge < -0.3 is 14.2 Å². The standard InChI is InChI=1S/C57H102O6/c1-4-7-10-13-16-19-21-23-25-27-29-31-33-35-38-41-44-47-50-56(59)62-53-54(52-61-55(58)49-46-43-40-37-18-15-12-9-6-3)63-57(60)51-48-45-42-39-36-34-32-30-28-26-24-22-20-17-14-11-8-5-2/h25-32,54H,4-24,33-53H2,1-3H3/b27-25-,28-26-,31-29-,32-30-. The molecule has 0 aliphatic rings. The van der Waals surface area contributed by atoms with Crippen LogP contribution in [0.4, 0.5) is 0 Å². The van der Waals surface area contributed by atoms with Gasteiger partial charge in [-0.05, 0) is 70.6 Å². The van der Waals surface area contributed by atoms with Crippen LogP contribution in [0.1, 0.15) is 278 Å². The molecule has 0 aromatic carbocycles. The summed E-state index contributed by atoms with van der Waals surface area (Å²) in [5.74, 6) is -0.908. The number of hydrogen-bond acceptors (Lipinski definition) is 6. The van der Waals surface area contributed by atoms with E-state index in [1.54, 1.807) is 0 Å². The van der Waals surface area contributed by atoms with Gasteiger partial charge in [0.15, 0.2) is 6.10 Å². The molecule has 0 aromatic heterocycles. The maximum Gasteiger partial charge on any atom is 0.306 e. The average molecular weight is 883 g/mol. The minimum absolute atomic E-state index is 0.0828. The number of carbonyl (C=O) groups is 3. The van der Waals surface area contributed by atoms with E-state index in [0.717, 1.165) is 96.3 Å². The highest BCUT2D eigenvalue weighted by atomic mass is 16.6. The van der Waals surface area contributed by atoms with Gasteiger partial charge in [0.1, 0.15) is 13.2 Å². The first kappa shape index (κ1) is 60.4. The molecule has 0 saturated carbocycles. The Morgan fingerprint density at radius 1 is 0.317 bits per heavy atom. The molecular weight excluding hydrogens is 781 g/mol. The largest absolute Gasteiger partial charge is 0.462 e. The quantitative estimate of drug-likeness (QED) is 0.0262. The van der Waals surface area contributed by atoms with Crippen molar-refractivity contribution in [3.05, 3.63) is 48.6 Å². The number of carbonyl (C=O) groups excluding carboxylic acids is 3. The Labute approximate surface area is 390 Å². The molecule has 63 heavy (non-hydrogen) atoms. The Bertz CT molecular complexity index is 1110. The summed E-state index contributed by atoms with van der Waals surface area (Å²) in [7, 11) is 0. The highest BCUT2D eigenvalue weighted by molar-refractivity contribution is 5.71. The van der Waals surface area contributed by atoms with E-state index in [2.05, 4.69) is 69.4 Å². The summed E-state index contributed by atoms with van der Waals surface area (Å²) in [5, 5.41) is 0. The SMILES string of the molecule is CCCCCCCCC/C=C\C=C/CCCCCCCC(=O)OCC(COC(=O)CCCCCCCCCCC)OC(=O)CCCCCCC/C=C\C=C/CCCCCCCCC.